The molecule has 18 atom stereocenters. The molecule has 27 N–H and O–H groups in total. The molecule has 0 saturated carbocycles. The van der Waals surface area contributed by atoms with Crippen molar-refractivity contribution in [2.75, 3.05) is 55.8 Å². The van der Waals surface area contributed by atoms with E-state index in [1.54, 1.807) is 107 Å². The molecule has 49 nitrogen and oxygen atoms in total. The molecule has 4 bridgehead atoms. The Morgan fingerprint density at radius 3 is 1.42 bits per heavy atom. The van der Waals surface area contributed by atoms with Gasteiger partial charge in [0, 0.05) is 65.8 Å². The number of amides is 22. The minimum absolute atomic E-state index is 0.170. The number of nitrogens with one attached hydrogen (secondary N) is 22. The fourth-order valence-corrected chi connectivity index (χ4v) is 20.1. The van der Waals surface area contributed by atoms with Gasteiger partial charge >= 0.3 is 5.97 Å². The number of carbonyl (C=O) groups is 23. The van der Waals surface area contributed by atoms with E-state index in [-0.39, 0.29) is 37.9 Å². The first-order valence-corrected chi connectivity index (χ1v) is 53.4. The van der Waals surface area contributed by atoms with Crippen LogP contribution in [0.3, 0.4) is 0 Å². The molecule has 53 heteroatoms. The average molecular weight is 2160 g/mol. The second-order valence-corrected chi connectivity index (χ2v) is 42.3. The molecule has 814 valence electrons. The van der Waals surface area contributed by atoms with Crippen molar-refractivity contribution in [3.05, 3.63) is 138 Å². The summed E-state index contributed by atoms with van der Waals surface area (Å²) in [5.41, 5.74) is 8.02. The SMILES string of the molecule is CCC(C)[C@@H]1NC(=O)[C@H](C)NC(=O)[C@H](Cc2ccc(O)cc2)NC(=O)CNC(=O)[C@@H]2CSSC[C@@H]3NC(=O)C[C@H](NC(=O)[C@H](CC(N)=O)NC(=O)[C@H](CSSC[C@@H](C(=O)NC(Cc4ccccc4)C(=O)NC(Cc4c[nH]c5ccccc45)C(=O)O)NC(=O)[C@H](C(C)C)NC1=O)NC(=O)[C@H](CO)NC(=O)CNC(=O)[C@H](C(C)C)NC(=O)CNC(=O)[C@H](CC(C)C)NC3=O)C(=O)N[C@@H](Cc1ccccc1)C(=O)N[C@@H](C)C(=O)NCC(=O)N2. The van der Waals surface area contributed by atoms with E-state index in [0.717, 1.165) is 21.6 Å². The van der Waals surface area contributed by atoms with Crippen LogP contribution in [0.1, 0.15) is 117 Å². The Morgan fingerprint density at radius 2 is 0.847 bits per heavy atom. The molecule has 0 aliphatic carbocycles. The van der Waals surface area contributed by atoms with E-state index >= 15 is 38.4 Å². The van der Waals surface area contributed by atoms with E-state index in [0.29, 0.717) is 54.7 Å². The van der Waals surface area contributed by atoms with Crippen LogP contribution < -0.4 is 117 Å². The third-order valence-corrected chi connectivity index (χ3v) is 28.8. The fraction of sp³-hybridized carbons (Fsp3) is 0.495. The van der Waals surface area contributed by atoms with Crippen LogP contribution in [-0.2, 0) is 136 Å². The lowest BCUT2D eigenvalue weighted by Gasteiger charge is -2.30. The van der Waals surface area contributed by atoms with Crippen LogP contribution in [0.15, 0.2) is 115 Å². The van der Waals surface area contributed by atoms with Crippen molar-refractivity contribution in [3.63, 3.8) is 0 Å². The lowest BCUT2D eigenvalue weighted by Crippen LogP contribution is -2.62. The third-order valence-electron chi connectivity index (χ3n) is 24.0. The summed E-state index contributed by atoms with van der Waals surface area (Å²) in [4.78, 5) is 339. The topological polar surface area (TPSA) is 748 Å². The summed E-state index contributed by atoms with van der Waals surface area (Å²) in [6.45, 7) is 9.93. The lowest BCUT2D eigenvalue weighted by molar-refractivity contribution is -0.142. The number of para-hydroxylation sites is 1. The number of nitrogens with two attached hydrogens (primary N) is 1. The molecule has 3 aliphatic rings. The molecule has 0 spiro atoms. The average Bonchev–Trinajstić information content (AvgIpc) is 1.63. The van der Waals surface area contributed by atoms with Crippen molar-refractivity contribution in [2.24, 2.45) is 29.4 Å². The van der Waals surface area contributed by atoms with Gasteiger partial charge in [0.25, 0.3) is 0 Å². The first-order chi connectivity index (χ1) is 71.2. The second kappa shape index (κ2) is 59.5. The zero-order valence-electron chi connectivity index (χ0n) is 84.1. The Bertz CT molecular complexity index is 5670. The van der Waals surface area contributed by atoms with Crippen molar-refractivity contribution in [1.29, 1.82) is 0 Å². The van der Waals surface area contributed by atoms with Gasteiger partial charge in [0.1, 0.15) is 108 Å². The smallest absolute Gasteiger partial charge is 0.326 e. The van der Waals surface area contributed by atoms with Crippen LogP contribution in [0.2, 0.25) is 0 Å². The number of benzene rings is 4. The van der Waals surface area contributed by atoms with Crippen LogP contribution in [-0.4, -0.2) is 315 Å². The number of phenols is 1. The molecule has 4 aromatic carbocycles. The van der Waals surface area contributed by atoms with Crippen LogP contribution >= 0.6 is 43.2 Å². The number of aromatic hydroxyl groups is 1. The Kier molecular flexibility index (Phi) is 47.9. The number of carbonyl (C=O) groups excluding carboxylic acids is 22. The second-order valence-electron chi connectivity index (χ2n) is 37.2. The number of aromatic nitrogens is 1. The number of aliphatic hydroxyl groups excluding tert-OH is 1. The van der Waals surface area contributed by atoms with Crippen LogP contribution in [0.4, 0.5) is 0 Å². The number of primary amides is 1. The number of rotatable bonds is 22. The fourth-order valence-electron chi connectivity index (χ4n) is 15.4. The summed E-state index contributed by atoms with van der Waals surface area (Å²) >= 11 is 0. The number of aliphatic hydroxyl groups is 1. The van der Waals surface area contributed by atoms with Crippen LogP contribution in [0, 0.1) is 23.7 Å². The van der Waals surface area contributed by atoms with E-state index in [1.165, 1.54) is 77.9 Å². The van der Waals surface area contributed by atoms with Gasteiger partial charge in [-0.2, -0.15) is 0 Å². The molecule has 8 rings (SSSR count). The summed E-state index contributed by atoms with van der Waals surface area (Å²) in [5.74, 6) is -32.8. The summed E-state index contributed by atoms with van der Waals surface area (Å²) in [6.07, 6.45) is -2.37. The molecular weight excluding hydrogens is 2030 g/mol. The molecule has 1 aromatic heterocycles. The number of aromatic amines is 1. The molecule has 4 heterocycles. The summed E-state index contributed by atoms with van der Waals surface area (Å²) in [7, 11) is 2.72. The predicted molar refractivity (Wildman–Crippen MR) is 552 cm³/mol. The molecule has 5 aromatic rings. The van der Waals surface area contributed by atoms with Gasteiger partial charge in [-0.25, -0.2) is 4.79 Å². The molecule has 3 unspecified atom stereocenters. The van der Waals surface area contributed by atoms with Gasteiger partial charge < -0.3 is 138 Å². The van der Waals surface area contributed by atoms with E-state index < -0.39 is 337 Å². The van der Waals surface area contributed by atoms with E-state index in [9.17, 15) is 87.2 Å². The first-order valence-electron chi connectivity index (χ1n) is 48.4. The summed E-state index contributed by atoms with van der Waals surface area (Å²) in [5, 5.41) is 84.2. The van der Waals surface area contributed by atoms with Gasteiger partial charge in [-0.15, -0.1) is 0 Å². The van der Waals surface area contributed by atoms with Crippen molar-refractivity contribution in [2.45, 2.75) is 223 Å². The van der Waals surface area contributed by atoms with Crippen LogP contribution in [0.25, 0.3) is 10.9 Å². The Balaban J connectivity index is 1.31. The Hall–Kier alpha value is -14.6. The highest BCUT2D eigenvalue weighted by molar-refractivity contribution is 8.77. The predicted octanol–water partition coefficient (Wildman–Crippen LogP) is -5.56. The zero-order chi connectivity index (χ0) is 110. The van der Waals surface area contributed by atoms with Crippen molar-refractivity contribution < 1.29 is 126 Å². The molecule has 0 radical (unpaired) electrons. The summed E-state index contributed by atoms with van der Waals surface area (Å²) < 4.78 is 0. The number of hydrogen-bond acceptors (Lipinski definition) is 29. The van der Waals surface area contributed by atoms with E-state index in [2.05, 4.69) is 117 Å². The maximum Gasteiger partial charge on any atom is 0.326 e. The zero-order valence-corrected chi connectivity index (χ0v) is 87.3. The largest absolute Gasteiger partial charge is 0.508 e. The van der Waals surface area contributed by atoms with Gasteiger partial charge in [0.15, 0.2) is 0 Å². The van der Waals surface area contributed by atoms with Crippen molar-refractivity contribution >= 4 is 190 Å². The standard InChI is InChI=1S/C97H131N23O26S4/c1-11-50(8)80-96(144)119-79(49(6)7)95(143)117-71(93(141)112-63(32-54-22-16-13-17-23-54)87(135)115-66(97(145)146)34-56-37-99-59-25-19-18-24-58(56)59)46-150-149-45-70-92(140)113-64(35-72(98)123)88(136)114-65-36-73(124)108-69(91(139)110-60(30-47(2)3)83(131)101-41-77(128)118-78(48(4)5)94(142)103-40-75(126)107-67(42-121)90(138)116-70)44-148-147-43-68(109-76(127)38-100-81(129)51(9)104-86(134)62(111-89(65)137)31-53-20-14-12-15-21-53)84(132)102-39-74(125)106-61(33-55-26-28-57(122)29-27-55)85(133)105-52(10)82(130)120-80/h12-29,37,47-52,60-71,78-80,99,121-122H,11,30-36,38-46H2,1-10H3,(H2,98,123)(H,100,129)(H,101,131)(H,102,132)(H,103,142)(H,104,134)(H,105,133)(H,106,125)(H,107,126)(H,108,124)(H,109,127)(H,110,139)(H,111,137)(H,112,141)(H,113,140)(H,114,136)(H,115,135)(H,116,138)(H,117,143)(H,118,128)(H,119,144)(H,120,130)(H,145,146)/t50?,51-,52-,60-,61-,62-,63?,64-,65-,66?,67-,68-,69-,70-,71-,78-,79-,80-/m0/s1. The molecule has 150 heavy (non-hydrogen) atoms. The number of hydrogen-bond donors (Lipinski definition) is 26. The minimum Gasteiger partial charge on any atom is -0.508 e. The highest BCUT2D eigenvalue weighted by atomic mass is 33.1. The summed E-state index contributed by atoms with van der Waals surface area (Å²) in [6, 6.07) is -2.34. The van der Waals surface area contributed by atoms with E-state index in [1.807, 2.05) is 0 Å². The van der Waals surface area contributed by atoms with Gasteiger partial charge in [-0.3, -0.25) is 105 Å². The molecule has 22 amide bonds. The van der Waals surface area contributed by atoms with Gasteiger partial charge in [0.2, 0.25) is 130 Å². The Labute approximate surface area is 879 Å². The van der Waals surface area contributed by atoms with Gasteiger partial charge in [-0.1, -0.05) is 196 Å². The number of H-pyrrole nitrogens is 1. The molecule has 3 aliphatic heterocycles. The first kappa shape index (κ1) is 121. The number of aliphatic carboxylic acids is 1. The molecule has 3 saturated heterocycles. The van der Waals surface area contributed by atoms with E-state index in [4.69, 9.17) is 5.73 Å². The number of phenolic OH excluding ortho intramolecular Hbond substituents is 1. The minimum atomic E-state index is -2.32. The molecule has 3 fully saturated rings. The Morgan fingerprint density at radius 1 is 0.400 bits per heavy atom. The monoisotopic (exact) mass is 2160 g/mol. The maximum atomic E-state index is 15.6. The number of carboxylic acids is 1. The van der Waals surface area contributed by atoms with Crippen molar-refractivity contribution in [3.8, 4) is 5.75 Å². The van der Waals surface area contributed by atoms with Gasteiger partial charge in [0.05, 0.1) is 45.6 Å². The number of fused-ring (bicyclic) bond motifs is 10. The number of carboxylic acid groups (broad SMARTS) is 1. The highest BCUT2D eigenvalue weighted by Crippen LogP contribution is 2.28. The van der Waals surface area contributed by atoms with Gasteiger partial charge in [-0.05, 0) is 84.4 Å². The highest BCUT2D eigenvalue weighted by Gasteiger charge is 2.42. The quantitative estimate of drug-likeness (QED) is 0.0287. The van der Waals surface area contributed by atoms with Crippen LogP contribution in [0.5, 0.6) is 5.75 Å². The lowest BCUT2D eigenvalue weighted by atomic mass is 9.96. The normalized spacial score (nSPS) is 24.8. The van der Waals surface area contributed by atoms with Crippen molar-refractivity contribution in [1.82, 2.24) is 117 Å². The third kappa shape index (κ3) is 38.8. The molecular formula is C97H131N23O26S4. The maximum absolute atomic E-state index is 15.6.